The zero-order valence-electron chi connectivity index (χ0n) is 13.0. The van der Waals surface area contributed by atoms with Crippen LogP contribution in [0.2, 0.25) is 0 Å². The molecule has 4 nitrogen and oxygen atoms in total. The molecule has 1 aliphatic rings. The molecule has 0 spiro atoms. The molecule has 0 bridgehead atoms. The smallest absolute Gasteiger partial charge is 0.236 e. The van der Waals surface area contributed by atoms with Crippen LogP contribution in [0.15, 0.2) is 36.4 Å². The third-order valence-corrected chi connectivity index (χ3v) is 4.43. The fraction of sp³-hybridized carbons (Fsp3) is 0.471. The van der Waals surface area contributed by atoms with E-state index in [1.54, 1.807) is 0 Å². The molecule has 5 heteroatoms. The van der Waals surface area contributed by atoms with Crippen molar-refractivity contribution >= 4 is 23.7 Å². The summed E-state index contributed by atoms with van der Waals surface area (Å²) in [4.78, 5) is 13.9. The van der Waals surface area contributed by atoms with Crippen molar-refractivity contribution in [1.29, 1.82) is 0 Å². The summed E-state index contributed by atoms with van der Waals surface area (Å²) in [5, 5.41) is 6.54. The Kier molecular flexibility index (Phi) is 8.09. The van der Waals surface area contributed by atoms with Crippen molar-refractivity contribution < 1.29 is 4.79 Å². The van der Waals surface area contributed by atoms with Crippen LogP contribution in [0.1, 0.15) is 5.56 Å². The predicted octanol–water partition coefficient (Wildman–Crippen LogP) is 1.45. The summed E-state index contributed by atoms with van der Waals surface area (Å²) in [6.07, 6.45) is 4.23. The molecule has 2 N–H and O–H groups in total. The minimum absolute atomic E-state index is 0.226. The van der Waals surface area contributed by atoms with Gasteiger partial charge in [0.25, 0.3) is 0 Å². The van der Waals surface area contributed by atoms with Gasteiger partial charge in [0.15, 0.2) is 0 Å². The van der Waals surface area contributed by atoms with Crippen LogP contribution in [0.4, 0.5) is 0 Å². The lowest BCUT2D eigenvalue weighted by Gasteiger charge is -2.26. The van der Waals surface area contributed by atoms with Crippen molar-refractivity contribution in [3.8, 4) is 0 Å². The number of amides is 1. The number of hydrogen-bond acceptors (Lipinski definition) is 4. The number of carbonyl (C=O) groups is 1. The van der Waals surface area contributed by atoms with E-state index in [0.29, 0.717) is 6.54 Å². The second-order valence-electron chi connectivity index (χ2n) is 5.19. The molecule has 1 fully saturated rings. The zero-order valence-corrected chi connectivity index (χ0v) is 13.8. The van der Waals surface area contributed by atoms with Crippen molar-refractivity contribution in [2.75, 3.05) is 50.8 Å². The first-order chi connectivity index (χ1) is 10.9. The maximum absolute atomic E-state index is 11.9. The van der Waals surface area contributed by atoms with Gasteiger partial charge in [-0.15, -0.1) is 0 Å². The fourth-order valence-electron chi connectivity index (χ4n) is 2.24. The third kappa shape index (κ3) is 6.64. The van der Waals surface area contributed by atoms with Crippen molar-refractivity contribution in [1.82, 2.24) is 15.5 Å². The highest BCUT2D eigenvalue weighted by molar-refractivity contribution is 7.99. The molecule has 1 saturated heterocycles. The van der Waals surface area contributed by atoms with E-state index in [1.165, 1.54) is 5.56 Å². The molecule has 120 valence electrons. The van der Waals surface area contributed by atoms with Crippen molar-refractivity contribution in [2.45, 2.75) is 0 Å². The summed E-state index contributed by atoms with van der Waals surface area (Å²) in [5.74, 6) is 2.37. The highest BCUT2D eigenvalue weighted by Gasteiger charge is 2.15. The highest BCUT2D eigenvalue weighted by atomic mass is 32.2. The first-order valence-corrected chi connectivity index (χ1v) is 9.00. The van der Waals surface area contributed by atoms with Gasteiger partial charge in [0.05, 0.1) is 6.54 Å². The average Bonchev–Trinajstić information content (AvgIpc) is 2.59. The molecule has 1 aromatic rings. The number of rotatable bonds is 8. The second-order valence-corrected chi connectivity index (χ2v) is 6.41. The second kappa shape index (κ2) is 10.4. The SMILES string of the molecule is O=C(CNCCNCC=Cc1ccccc1)N1CCSCC1. The maximum Gasteiger partial charge on any atom is 0.236 e. The minimum atomic E-state index is 0.226. The lowest BCUT2D eigenvalue weighted by atomic mass is 10.2. The van der Waals surface area contributed by atoms with Gasteiger partial charge in [0, 0.05) is 44.2 Å². The van der Waals surface area contributed by atoms with Crippen LogP contribution >= 0.6 is 11.8 Å². The summed E-state index contributed by atoms with van der Waals surface area (Å²) in [5.41, 5.74) is 1.22. The van der Waals surface area contributed by atoms with Crippen LogP contribution in [0.3, 0.4) is 0 Å². The van der Waals surface area contributed by atoms with E-state index in [4.69, 9.17) is 0 Å². The Morgan fingerprint density at radius 2 is 1.86 bits per heavy atom. The van der Waals surface area contributed by atoms with Gasteiger partial charge in [-0.1, -0.05) is 42.5 Å². The van der Waals surface area contributed by atoms with E-state index in [0.717, 1.165) is 44.2 Å². The van der Waals surface area contributed by atoms with E-state index < -0.39 is 0 Å². The Morgan fingerprint density at radius 1 is 1.14 bits per heavy atom. The summed E-state index contributed by atoms with van der Waals surface area (Å²) >= 11 is 1.92. The number of thioether (sulfide) groups is 1. The quantitative estimate of drug-likeness (QED) is 0.712. The number of carbonyl (C=O) groups excluding carboxylic acids is 1. The lowest BCUT2D eigenvalue weighted by Crippen LogP contribution is -2.43. The van der Waals surface area contributed by atoms with Crippen LogP contribution in [0.25, 0.3) is 6.08 Å². The molecule has 1 heterocycles. The molecule has 22 heavy (non-hydrogen) atoms. The molecule has 0 saturated carbocycles. The van der Waals surface area contributed by atoms with E-state index in [-0.39, 0.29) is 5.91 Å². The molecule has 0 atom stereocenters. The van der Waals surface area contributed by atoms with E-state index in [1.807, 2.05) is 34.9 Å². The number of nitrogens with zero attached hydrogens (tertiary/aromatic N) is 1. The Bertz CT molecular complexity index is 458. The summed E-state index contributed by atoms with van der Waals surface area (Å²) < 4.78 is 0. The topological polar surface area (TPSA) is 44.4 Å². The number of hydrogen-bond donors (Lipinski definition) is 2. The average molecular weight is 319 g/mol. The molecule has 0 aromatic heterocycles. The molecule has 0 radical (unpaired) electrons. The number of benzene rings is 1. The van der Waals surface area contributed by atoms with Gasteiger partial charge in [0.1, 0.15) is 0 Å². The van der Waals surface area contributed by atoms with Crippen LogP contribution in [0.5, 0.6) is 0 Å². The van der Waals surface area contributed by atoms with Gasteiger partial charge in [-0.3, -0.25) is 4.79 Å². The molecule has 1 aliphatic heterocycles. The van der Waals surface area contributed by atoms with Crippen molar-refractivity contribution in [3.05, 3.63) is 42.0 Å². The molecule has 0 unspecified atom stereocenters. The van der Waals surface area contributed by atoms with Crippen molar-refractivity contribution in [2.24, 2.45) is 0 Å². The van der Waals surface area contributed by atoms with Gasteiger partial charge in [0.2, 0.25) is 5.91 Å². The van der Waals surface area contributed by atoms with Crippen LogP contribution in [-0.4, -0.2) is 61.6 Å². The fourth-order valence-corrected chi connectivity index (χ4v) is 3.14. The Balaban J connectivity index is 1.47. The standard InChI is InChI=1S/C17H25N3OS/c21-17(20-11-13-22-14-12-20)15-19-10-9-18-8-4-7-16-5-2-1-3-6-16/h1-7,18-19H,8-15H2. The minimum Gasteiger partial charge on any atom is -0.340 e. The van der Waals surface area contributed by atoms with E-state index in [2.05, 4.69) is 34.9 Å². The van der Waals surface area contributed by atoms with E-state index >= 15 is 0 Å². The molecule has 1 amide bonds. The largest absolute Gasteiger partial charge is 0.340 e. The van der Waals surface area contributed by atoms with Gasteiger partial charge in [-0.2, -0.15) is 11.8 Å². The first-order valence-electron chi connectivity index (χ1n) is 7.85. The van der Waals surface area contributed by atoms with Crippen LogP contribution in [0, 0.1) is 0 Å². The summed E-state index contributed by atoms with van der Waals surface area (Å²) in [7, 11) is 0. The van der Waals surface area contributed by atoms with Crippen molar-refractivity contribution in [3.63, 3.8) is 0 Å². The normalized spacial score (nSPS) is 15.4. The zero-order chi connectivity index (χ0) is 15.5. The third-order valence-electron chi connectivity index (χ3n) is 3.49. The molecule has 0 aliphatic carbocycles. The monoisotopic (exact) mass is 319 g/mol. The molecule has 2 rings (SSSR count). The Morgan fingerprint density at radius 3 is 2.64 bits per heavy atom. The Hall–Kier alpha value is -1.30. The van der Waals surface area contributed by atoms with Gasteiger partial charge in [-0.05, 0) is 5.56 Å². The number of nitrogens with one attached hydrogen (secondary N) is 2. The lowest BCUT2D eigenvalue weighted by molar-refractivity contribution is -0.129. The molecule has 1 aromatic carbocycles. The maximum atomic E-state index is 11.9. The van der Waals surface area contributed by atoms with E-state index in [9.17, 15) is 4.79 Å². The molecular weight excluding hydrogens is 294 g/mol. The first kappa shape index (κ1) is 17.1. The van der Waals surface area contributed by atoms with Gasteiger partial charge in [-0.25, -0.2) is 0 Å². The predicted molar refractivity (Wildman–Crippen MR) is 95.1 cm³/mol. The summed E-state index contributed by atoms with van der Waals surface area (Å²) in [6, 6.07) is 10.3. The summed E-state index contributed by atoms with van der Waals surface area (Å²) in [6.45, 7) is 4.76. The Labute approximate surface area is 137 Å². The van der Waals surface area contributed by atoms with Crippen LogP contribution in [-0.2, 0) is 4.79 Å². The highest BCUT2D eigenvalue weighted by Crippen LogP contribution is 2.08. The van der Waals surface area contributed by atoms with Gasteiger partial charge < -0.3 is 15.5 Å². The van der Waals surface area contributed by atoms with Gasteiger partial charge >= 0.3 is 0 Å². The molecular formula is C17H25N3OS. The van der Waals surface area contributed by atoms with Crippen LogP contribution < -0.4 is 10.6 Å².